The fraction of sp³-hybridized carbons (Fsp3) is 0.850. The van der Waals surface area contributed by atoms with E-state index in [9.17, 15) is 0 Å². The monoisotopic (exact) mass is 287 g/mol. The van der Waals surface area contributed by atoms with Crippen molar-refractivity contribution in [2.24, 2.45) is 23.7 Å². The van der Waals surface area contributed by atoms with Gasteiger partial charge >= 0.3 is 0 Å². The first kappa shape index (κ1) is 16.6. The molecule has 0 radical (unpaired) electrons. The van der Waals surface area contributed by atoms with E-state index in [1.807, 2.05) is 0 Å². The van der Waals surface area contributed by atoms with E-state index in [4.69, 9.17) is 5.26 Å². The Kier molecular flexibility index (Phi) is 7.34. The summed E-state index contributed by atoms with van der Waals surface area (Å²) in [5, 5.41) is 9.00. The molecule has 0 aromatic carbocycles. The molecule has 0 N–H and O–H groups in total. The molecule has 2 aliphatic rings. The van der Waals surface area contributed by atoms with Crippen molar-refractivity contribution in [3.05, 3.63) is 12.2 Å². The highest BCUT2D eigenvalue weighted by Gasteiger charge is 2.30. The smallest absolute Gasteiger partial charge is 0.0655 e. The standard InChI is InChI=1S/C20H33N/c1-2-3-4-5-6-7-17-8-12-19(13-9-17)20-14-10-18(16-21)11-15-20/h4-5,17-20H,2-3,6-15H2,1H3/b5-4+/t17-,18-,19-,20-. The van der Waals surface area contributed by atoms with Gasteiger partial charge in [0.05, 0.1) is 6.07 Å². The van der Waals surface area contributed by atoms with Gasteiger partial charge in [-0.15, -0.1) is 0 Å². The van der Waals surface area contributed by atoms with Crippen LogP contribution in [0.2, 0.25) is 0 Å². The van der Waals surface area contributed by atoms with Gasteiger partial charge in [-0.1, -0.05) is 38.3 Å². The number of unbranched alkanes of at least 4 members (excludes halogenated alkanes) is 1. The first-order valence-corrected chi connectivity index (χ1v) is 9.38. The molecule has 0 unspecified atom stereocenters. The Hall–Kier alpha value is -0.770. The molecule has 1 nitrogen and oxygen atoms in total. The van der Waals surface area contributed by atoms with Gasteiger partial charge in [0.2, 0.25) is 0 Å². The van der Waals surface area contributed by atoms with Crippen LogP contribution in [-0.2, 0) is 0 Å². The van der Waals surface area contributed by atoms with Gasteiger partial charge in [0, 0.05) is 5.92 Å². The number of hydrogen-bond acceptors (Lipinski definition) is 1. The van der Waals surface area contributed by atoms with E-state index >= 15 is 0 Å². The lowest BCUT2D eigenvalue weighted by Crippen LogP contribution is -2.25. The van der Waals surface area contributed by atoms with Crippen molar-refractivity contribution in [1.82, 2.24) is 0 Å². The van der Waals surface area contributed by atoms with Gasteiger partial charge < -0.3 is 0 Å². The van der Waals surface area contributed by atoms with Crippen LogP contribution >= 0.6 is 0 Å². The minimum Gasteiger partial charge on any atom is -0.198 e. The van der Waals surface area contributed by atoms with E-state index in [1.54, 1.807) is 0 Å². The second-order valence-corrected chi connectivity index (χ2v) is 7.36. The number of hydrogen-bond donors (Lipinski definition) is 0. The SMILES string of the molecule is CCC/C=C/CC[C@H]1CC[C@H]([C@H]2CC[C@H](C#N)CC2)CC1. The summed E-state index contributed by atoms with van der Waals surface area (Å²) >= 11 is 0. The van der Waals surface area contributed by atoms with Crippen LogP contribution < -0.4 is 0 Å². The van der Waals surface area contributed by atoms with Crippen LogP contribution in [-0.4, -0.2) is 0 Å². The fourth-order valence-electron chi connectivity index (χ4n) is 4.40. The van der Waals surface area contributed by atoms with Crippen LogP contribution in [0.3, 0.4) is 0 Å². The Morgan fingerprint density at radius 1 is 0.857 bits per heavy atom. The maximum atomic E-state index is 9.00. The van der Waals surface area contributed by atoms with Gasteiger partial charge in [-0.05, 0) is 75.5 Å². The molecule has 0 heterocycles. The maximum absolute atomic E-state index is 9.00. The van der Waals surface area contributed by atoms with Crippen LogP contribution in [0.15, 0.2) is 12.2 Å². The third kappa shape index (κ3) is 5.50. The van der Waals surface area contributed by atoms with Crippen molar-refractivity contribution in [3.63, 3.8) is 0 Å². The van der Waals surface area contributed by atoms with Crippen LogP contribution in [0.25, 0.3) is 0 Å². The zero-order chi connectivity index (χ0) is 14.9. The molecule has 2 rings (SSSR count). The van der Waals surface area contributed by atoms with Gasteiger partial charge in [-0.25, -0.2) is 0 Å². The fourth-order valence-corrected chi connectivity index (χ4v) is 4.40. The lowest BCUT2D eigenvalue weighted by Gasteiger charge is -2.36. The van der Waals surface area contributed by atoms with Crippen LogP contribution in [0.5, 0.6) is 0 Å². The zero-order valence-corrected chi connectivity index (χ0v) is 13.9. The van der Waals surface area contributed by atoms with Gasteiger partial charge in [0.1, 0.15) is 0 Å². The molecule has 118 valence electrons. The molecule has 0 atom stereocenters. The summed E-state index contributed by atoms with van der Waals surface area (Å²) in [6.45, 7) is 2.25. The minimum absolute atomic E-state index is 0.368. The van der Waals surface area contributed by atoms with E-state index in [0.717, 1.165) is 17.8 Å². The lowest BCUT2D eigenvalue weighted by atomic mass is 9.69. The van der Waals surface area contributed by atoms with Gasteiger partial charge in [-0.2, -0.15) is 5.26 Å². The molecule has 0 spiro atoms. The molecule has 2 saturated carbocycles. The predicted octanol–water partition coefficient (Wildman–Crippen LogP) is 6.26. The summed E-state index contributed by atoms with van der Waals surface area (Å²) in [6.07, 6.45) is 20.8. The first-order valence-electron chi connectivity index (χ1n) is 9.38. The molecule has 0 aromatic rings. The second kappa shape index (κ2) is 9.29. The third-order valence-corrected chi connectivity index (χ3v) is 5.88. The Bertz CT molecular complexity index is 335. The second-order valence-electron chi connectivity index (χ2n) is 7.36. The molecule has 0 aromatic heterocycles. The van der Waals surface area contributed by atoms with E-state index in [-0.39, 0.29) is 0 Å². The van der Waals surface area contributed by atoms with E-state index < -0.39 is 0 Å². The number of nitriles is 1. The summed E-state index contributed by atoms with van der Waals surface area (Å²) < 4.78 is 0. The summed E-state index contributed by atoms with van der Waals surface area (Å²) in [7, 11) is 0. The average Bonchev–Trinajstić information content (AvgIpc) is 2.55. The zero-order valence-electron chi connectivity index (χ0n) is 13.9. The van der Waals surface area contributed by atoms with E-state index in [2.05, 4.69) is 25.1 Å². The molecule has 2 fully saturated rings. The Labute approximate surface area is 131 Å². The summed E-state index contributed by atoms with van der Waals surface area (Å²) in [4.78, 5) is 0. The highest BCUT2D eigenvalue weighted by Crippen LogP contribution is 2.42. The topological polar surface area (TPSA) is 23.8 Å². The van der Waals surface area contributed by atoms with Crippen molar-refractivity contribution < 1.29 is 0 Å². The number of allylic oxidation sites excluding steroid dienone is 2. The molecule has 2 aliphatic carbocycles. The van der Waals surface area contributed by atoms with Crippen LogP contribution in [0.4, 0.5) is 0 Å². The first-order chi connectivity index (χ1) is 10.3. The van der Waals surface area contributed by atoms with E-state index in [1.165, 1.54) is 77.0 Å². The number of nitrogens with zero attached hydrogens (tertiary/aromatic N) is 1. The quantitative estimate of drug-likeness (QED) is 0.529. The van der Waals surface area contributed by atoms with Crippen molar-refractivity contribution in [2.45, 2.75) is 84.0 Å². The normalized spacial score (nSPS) is 33.9. The molecule has 1 heteroatoms. The van der Waals surface area contributed by atoms with Crippen molar-refractivity contribution in [1.29, 1.82) is 5.26 Å². The van der Waals surface area contributed by atoms with Gasteiger partial charge in [-0.3, -0.25) is 0 Å². The number of rotatable bonds is 6. The lowest BCUT2D eigenvalue weighted by molar-refractivity contribution is 0.154. The van der Waals surface area contributed by atoms with Gasteiger partial charge in [0.15, 0.2) is 0 Å². The Balaban J connectivity index is 1.61. The van der Waals surface area contributed by atoms with E-state index in [0.29, 0.717) is 5.92 Å². The molecular weight excluding hydrogens is 254 g/mol. The molecule has 0 saturated heterocycles. The maximum Gasteiger partial charge on any atom is 0.0655 e. The molecular formula is C20H33N. The minimum atomic E-state index is 0.368. The highest BCUT2D eigenvalue weighted by molar-refractivity contribution is 4.90. The Morgan fingerprint density at radius 2 is 1.43 bits per heavy atom. The Morgan fingerprint density at radius 3 is 2.00 bits per heavy atom. The summed E-state index contributed by atoms with van der Waals surface area (Å²) in [6, 6.07) is 2.47. The summed E-state index contributed by atoms with van der Waals surface area (Å²) in [5.74, 6) is 3.28. The predicted molar refractivity (Wildman–Crippen MR) is 89.8 cm³/mol. The van der Waals surface area contributed by atoms with Gasteiger partial charge in [0.25, 0.3) is 0 Å². The molecule has 0 bridgehead atoms. The van der Waals surface area contributed by atoms with Crippen molar-refractivity contribution >= 4 is 0 Å². The van der Waals surface area contributed by atoms with Crippen molar-refractivity contribution in [2.75, 3.05) is 0 Å². The third-order valence-electron chi connectivity index (χ3n) is 5.88. The highest BCUT2D eigenvalue weighted by atomic mass is 14.4. The average molecular weight is 287 g/mol. The summed E-state index contributed by atoms with van der Waals surface area (Å²) in [5.41, 5.74) is 0. The van der Waals surface area contributed by atoms with Crippen LogP contribution in [0, 0.1) is 35.0 Å². The van der Waals surface area contributed by atoms with Crippen LogP contribution in [0.1, 0.15) is 84.0 Å². The largest absolute Gasteiger partial charge is 0.198 e. The van der Waals surface area contributed by atoms with Crippen molar-refractivity contribution in [3.8, 4) is 6.07 Å². The molecule has 0 aliphatic heterocycles. The molecule has 0 amide bonds. The molecule has 21 heavy (non-hydrogen) atoms.